The van der Waals surface area contributed by atoms with Crippen LogP contribution in [-0.2, 0) is 6.54 Å². The zero-order chi connectivity index (χ0) is 13.9. The van der Waals surface area contributed by atoms with E-state index in [2.05, 4.69) is 24.3 Å². The zero-order valence-electron chi connectivity index (χ0n) is 11.7. The van der Waals surface area contributed by atoms with Gasteiger partial charge in [-0.05, 0) is 12.1 Å². The highest BCUT2D eigenvalue weighted by atomic mass is 32.1. The first kappa shape index (κ1) is 13.5. The molecule has 3 rings (SSSR count). The molecule has 0 radical (unpaired) electrons. The van der Waals surface area contributed by atoms with E-state index in [4.69, 9.17) is 10.2 Å². The van der Waals surface area contributed by atoms with E-state index < -0.39 is 0 Å². The van der Waals surface area contributed by atoms with Gasteiger partial charge in [-0.3, -0.25) is 0 Å². The summed E-state index contributed by atoms with van der Waals surface area (Å²) in [5, 5.41) is 10.2. The number of nitriles is 1. The number of benzene rings is 1. The summed E-state index contributed by atoms with van der Waals surface area (Å²) in [5.74, 6) is 0. The molecule has 20 heavy (non-hydrogen) atoms. The minimum Gasteiger partial charge on any atom is -0.320 e. The van der Waals surface area contributed by atoms with Gasteiger partial charge in [0.05, 0.1) is 10.2 Å². The summed E-state index contributed by atoms with van der Waals surface area (Å²) in [4.78, 5) is 7.74. The smallest absolute Gasteiger partial charge is 0.172 e. The van der Waals surface area contributed by atoms with Crippen molar-refractivity contribution in [2.24, 2.45) is 0 Å². The lowest BCUT2D eigenvalue weighted by Crippen LogP contribution is -3.29. The summed E-state index contributed by atoms with van der Waals surface area (Å²) in [5.41, 5.74) is 1.12. The van der Waals surface area contributed by atoms with Crippen LogP contribution in [0.1, 0.15) is 11.9 Å². The van der Waals surface area contributed by atoms with Crippen molar-refractivity contribution < 1.29 is 9.80 Å². The summed E-state index contributed by atoms with van der Waals surface area (Å²) in [6.07, 6.45) is 0. The Labute approximate surface area is 123 Å². The number of hydrogen-bond donors (Lipinski definition) is 2. The van der Waals surface area contributed by atoms with Gasteiger partial charge < -0.3 is 9.80 Å². The minimum atomic E-state index is 0.124. The van der Waals surface area contributed by atoms with Gasteiger partial charge in [0.1, 0.15) is 43.8 Å². The maximum absolute atomic E-state index is 8.98. The molecular weight excluding hydrogens is 268 g/mol. The van der Waals surface area contributed by atoms with Crippen LogP contribution in [0.2, 0.25) is 0 Å². The predicted octanol–water partition coefficient (Wildman–Crippen LogP) is -0.508. The molecule has 0 bridgehead atoms. The number of fused-ring (bicyclic) bond motifs is 1. The van der Waals surface area contributed by atoms with E-state index in [1.165, 1.54) is 14.6 Å². The molecule has 104 valence electrons. The van der Waals surface area contributed by atoms with Gasteiger partial charge in [0.25, 0.3) is 0 Å². The van der Waals surface area contributed by atoms with Crippen LogP contribution >= 0.6 is 11.3 Å². The molecule has 5 heteroatoms. The van der Waals surface area contributed by atoms with Crippen molar-refractivity contribution in [1.82, 2.24) is 4.98 Å². The van der Waals surface area contributed by atoms with Crippen molar-refractivity contribution in [3.8, 4) is 6.07 Å². The molecule has 0 aliphatic carbocycles. The molecule has 4 nitrogen and oxygen atoms in total. The molecule has 0 saturated carbocycles. The predicted molar refractivity (Wildman–Crippen MR) is 79.8 cm³/mol. The van der Waals surface area contributed by atoms with Crippen molar-refractivity contribution in [1.29, 1.82) is 5.26 Å². The molecule has 0 spiro atoms. The van der Waals surface area contributed by atoms with Gasteiger partial charge >= 0.3 is 0 Å². The van der Waals surface area contributed by atoms with Crippen molar-refractivity contribution >= 4 is 21.6 Å². The normalized spacial score (nSPS) is 24.4. The Morgan fingerprint density at radius 1 is 1.30 bits per heavy atom. The molecule has 1 aromatic heterocycles. The van der Waals surface area contributed by atoms with Crippen molar-refractivity contribution in [3.05, 3.63) is 29.3 Å². The van der Waals surface area contributed by atoms with E-state index in [0.717, 1.165) is 38.2 Å². The van der Waals surface area contributed by atoms with Crippen LogP contribution in [0.4, 0.5) is 0 Å². The van der Waals surface area contributed by atoms with E-state index >= 15 is 0 Å². The van der Waals surface area contributed by atoms with Gasteiger partial charge in [0.2, 0.25) is 0 Å². The first-order valence-electron chi connectivity index (χ1n) is 7.18. The number of quaternary nitrogens is 2. The van der Waals surface area contributed by atoms with Crippen LogP contribution < -0.4 is 9.80 Å². The second-order valence-corrected chi connectivity index (χ2v) is 6.63. The topological polar surface area (TPSA) is 45.6 Å². The Hall–Kier alpha value is -1.48. The monoisotopic (exact) mass is 288 g/mol. The fraction of sp³-hybridized carbons (Fsp3) is 0.467. The number of rotatable bonds is 3. The molecule has 0 unspecified atom stereocenters. The molecule has 1 saturated heterocycles. The minimum absolute atomic E-state index is 0.124. The number of aromatic nitrogens is 1. The summed E-state index contributed by atoms with van der Waals surface area (Å²) < 4.78 is 1.28. The van der Waals surface area contributed by atoms with Crippen LogP contribution in [0.25, 0.3) is 10.2 Å². The SMILES string of the molecule is C[C@H](C#N)[NH+]1CC[NH+](Cc2nc3ccccc3s2)CC1. The van der Waals surface area contributed by atoms with E-state index in [1.54, 1.807) is 4.90 Å². The highest BCUT2D eigenvalue weighted by molar-refractivity contribution is 7.18. The lowest BCUT2D eigenvalue weighted by Gasteiger charge is -2.30. The number of nitrogens with zero attached hydrogens (tertiary/aromatic N) is 2. The third-order valence-corrected chi connectivity index (χ3v) is 5.18. The van der Waals surface area contributed by atoms with Crippen LogP contribution in [0.15, 0.2) is 24.3 Å². The molecule has 1 aliphatic rings. The van der Waals surface area contributed by atoms with Gasteiger partial charge in [-0.2, -0.15) is 5.26 Å². The van der Waals surface area contributed by atoms with Gasteiger partial charge in [-0.1, -0.05) is 12.1 Å². The van der Waals surface area contributed by atoms with E-state index in [-0.39, 0.29) is 6.04 Å². The molecule has 2 heterocycles. The summed E-state index contributed by atoms with van der Waals surface area (Å²) in [7, 11) is 0. The van der Waals surface area contributed by atoms with Crippen LogP contribution in [0.3, 0.4) is 0 Å². The Morgan fingerprint density at radius 3 is 2.75 bits per heavy atom. The summed E-state index contributed by atoms with van der Waals surface area (Å²) >= 11 is 1.81. The number of piperazine rings is 1. The highest BCUT2D eigenvalue weighted by Gasteiger charge is 2.27. The number of hydrogen-bond acceptors (Lipinski definition) is 3. The summed E-state index contributed by atoms with van der Waals surface area (Å²) in [6.45, 7) is 7.50. The zero-order valence-corrected chi connectivity index (χ0v) is 12.5. The molecule has 2 aromatic rings. The van der Waals surface area contributed by atoms with Crippen LogP contribution in [0, 0.1) is 11.3 Å². The Balaban J connectivity index is 1.61. The van der Waals surface area contributed by atoms with Crippen LogP contribution in [-0.4, -0.2) is 37.2 Å². The molecule has 1 fully saturated rings. The highest BCUT2D eigenvalue weighted by Crippen LogP contribution is 2.20. The largest absolute Gasteiger partial charge is 0.320 e. The third kappa shape index (κ3) is 2.83. The Bertz CT molecular complexity index is 589. The van der Waals surface area contributed by atoms with Crippen molar-refractivity contribution in [3.63, 3.8) is 0 Å². The first-order valence-corrected chi connectivity index (χ1v) is 8.00. The van der Waals surface area contributed by atoms with Gasteiger partial charge in [-0.25, -0.2) is 4.98 Å². The molecule has 0 amide bonds. The fourth-order valence-corrected chi connectivity index (χ4v) is 3.87. The van der Waals surface area contributed by atoms with E-state index in [0.29, 0.717) is 0 Å². The van der Waals surface area contributed by atoms with E-state index in [1.807, 2.05) is 24.3 Å². The maximum atomic E-state index is 8.98. The number of thiazole rings is 1. The molecular formula is C15H20N4S+2. The van der Waals surface area contributed by atoms with Crippen molar-refractivity contribution in [2.75, 3.05) is 26.2 Å². The number of para-hydroxylation sites is 1. The average Bonchev–Trinajstić information content (AvgIpc) is 2.89. The van der Waals surface area contributed by atoms with Gasteiger partial charge in [-0.15, -0.1) is 11.3 Å². The first-order chi connectivity index (χ1) is 9.76. The maximum Gasteiger partial charge on any atom is 0.172 e. The van der Waals surface area contributed by atoms with E-state index in [9.17, 15) is 0 Å². The third-order valence-electron chi connectivity index (χ3n) is 4.14. The quantitative estimate of drug-likeness (QED) is 0.799. The van der Waals surface area contributed by atoms with Crippen molar-refractivity contribution in [2.45, 2.75) is 19.5 Å². The second-order valence-electron chi connectivity index (χ2n) is 5.51. The Morgan fingerprint density at radius 2 is 2.05 bits per heavy atom. The lowest BCUT2D eigenvalue weighted by atomic mass is 10.2. The van der Waals surface area contributed by atoms with Gasteiger partial charge in [0, 0.05) is 6.92 Å². The lowest BCUT2D eigenvalue weighted by molar-refractivity contribution is -1.02. The molecule has 1 atom stereocenters. The van der Waals surface area contributed by atoms with Crippen LogP contribution in [0.5, 0.6) is 0 Å². The standard InChI is InChI=1S/C15H18N4S/c1-12(10-16)19-8-6-18(7-9-19)11-15-17-13-4-2-3-5-14(13)20-15/h2-5,12H,6-9,11H2,1H3/p+2/t12-/m1/s1. The number of nitrogens with one attached hydrogen (secondary N) is 2. The molecule has 1 aliphatic heterocycles. The molecule has 1 aromatic carbocycles. The average molecular weight is 288 g/mol. The second kappa shape index (κ2) is 5.88. The molecule has 2 N–H and O–H groups in total. The summed E-state index contributed by atoms with van der Waals surface area (Å²) in [6, 6.07) is 10.8. The Kier molecular flexibility index (Phi) is 3.97. The van der Waals surface area contributed by atoms with Gasteiger partial charge in [0.15, 0.2) is 6.04 Å². The fourth-order valence-electron chi connectivity index (χ4n) is 2.84.